The van der Waals surface area contributed by atoms with E-state index in [9.17, 15) is 0 Å². The summed E-state index contributed by atoms with van der Waals surface area (Å²) in [5, 5.41) is 2.75. The van der Waals surface area contributed by atoms with Crippen molar-refractivity contribution in [3.63, 3.8) is 0 Å². The number of hydrogen-bond donors (Lipinski definition) is 0. The summed E-state index contributed by atoms with van der Waals surface area (Å²) >= 11 is 0. The third-order valence-corrected chi connectivity index (χ3v) is 7.71. The first-order valence-electron chi connectivity index (χ1n) is 7.30. The lowest BCUT2D eigenvalue weighted by Crippen LogP contribution is -2.23. The van der Waals surface area contributed by atoms with E-state index in [-0.39, 0.29) is 15.8 Å². The second kappa shape index (κ2) is 7.14. The molecule has 0 aliphatic heterocycles. The molecule has 110 valence electrons. The van der Waals surface area contributed by atoms with Crippen LogP contribution >= 0.6 is 15.8 Å². The topological polar surface area (TPSA) is 12.9 Å². The molecule has 2 atom stereocenters. The molecule has 0 fully saturated rings. The molecule has 0 amide bonds. The molecule has 0 aliphatic rings. The van der Waals surface area contributed by atoms with Gasteiger partial charge >= 0.3 is 0 Å². The third-order valence-electron chi connectivity index (χ3n) is 3.69. The van der Waals surface area contributed by atoms with Gasteiger partial charge in [0.1, 0.15) is 0 Å². The highest BCUT2D eigenvalue weighted by Crippen LogP contribution is 2.30. The minimum atomic E-state index is -0.381. The minimum absolute atomic E-state index is 0.381. The molecule has 0 saturated carbocycles. The zero-order valence-electron chi connectivity index (χ0n) is 12.8. The molecule has 2 unspecified atom stereocenters. The van der Waals surface area contributed by atoms with Crippen molar-refractivity contribution in [2.45, 2.75) is 0 Å². The van der Waals surface area contributed by atoms with Gasteiger partial charge < -0.3 is 0 Å². The van der Waals surface area contributed by atoms with Gasteiger partial charge in [-0.15, -0.1) is 0 Å². The summed E-state index contributed by atoms with van der Waals surface area (Å²) in [6.45, 7) is 4.58. The predicted octanol–water partition coefficient (Wildman–Crippen LogP) is 3.21. The van der Waals surface area contributed by atoms with Crippen LogP contribution in [0.3, 0.4) is 0 Å². The van der Waals surface area contributed by atoms with Gasteiger partial charge in [0.2, 0.25) is 0 Å². The molecule has 1 nitrogen and oxygen atoms in total. The Morgan fingerprint density at radius 3 is 1.36 bits per heavy atom. The normalized spacial score (nSPS) is 13.5. The zero-order chi connectivity index (χ0) is 15.4. The Hall–Kier alpha value is -1.55. The summed E-state index contributed by atoms with van der Waals surface area (Å²) in [5.74, 6) is 0. The summed E-state index contributed by atoms with van der Waals surface area (Å²) in [6.07, 6.45) is 0. The van der Waals surface area contributed by atoms with Crippen LogP contribution in [0.1, 0.15) is 0 Å². The average molecular weight is 323 g/mol. The van der Waals surface area contributed by atoms with Crippen LogP contribution in [0.5, 0.6) is 0 Å². The Bertz CT molecular complexity index is 668. The molecule has 0 bridgehead atoms. The van der Waals surface area contributed by atoms with Gasteiger partial charge in [-0.2, -0.15) is 0 Å². The molecule has 3 rings (SSSR count). The predicted molar refractivity (Wildman–Crippen MR) is 101 cm³/mol. The lowest BCUT2D eigenvalue weighted by atomic mass is 10.4. The fourth-order valence-corrected chi connectivity index (χ4v) is 5.33. The Morgan fingerprint density at radius 2 is 0.955 bits per heavy atom. The summed E-state index contributed by atoms with van der Waals surface area (Å²) in [7, 11) is -0.763. The fourth-order valence-electron chi connectivity index (χ4n) is 2.35. The van der Waals surface area contributed by atoms with Crippen LogP contribution in [0.2, 0.25) is 0 Å². The van der Waals surface area contributed by atoms with Gasteiger partial charge in [-0.05, 0) is 51.9 Å². The standard InChI is InChI=1S/C19H19NP2/c1-21(16-10-5-3-6-11-16)18-14-9-15-19(20-18)22(2)17-12-7-4-8-13-17/h3-15H,1-2H3. The lowest BCUT2D eigenvalue weighted by molar-refractivity contribution is 1.45. The molecular formula is C19H19NP2. The number of nitrogens with zero attached hydrogens (tertiary/aromatic N) is 1. The first-order chi connectivity index (χ1) is 10.8. The highest BCUT2D eigenvalue weighted by atomic mass is 31.1. The van der Waals surface area contributed by atoms with Gasteiger partial charge in [-0.3, -0.25) is 0 Å². The number of hydrogen-bond acceptors (Lipinski definition) is 1. The quantitative estimate of drug-likeness (QED) is 0.672. The monoisotopic (exact) mass is 323 g/mol. The number of benzene rings is 2. The van der Waals surface area contributed by atoms with E-state index in [0.717, 1.165) is 0 Å². The number of pyridine rings is 1. The van der Waals surface area contributed by atoms with Gasteiger partial charge in [0.15, 0.2) is 0 Å². The highest BCUT2D eigenvalue weighted by Gasteiger charge is 2.13. The van der Waals surface area contributed by atoms with Crippen molar-refractivity contribution in [3.8, 4) is 0 Å². The van der Waals surface area contributed by atoms with Crippen LogP contribution in [-0.4, -0.2) is 18.3 Å². The van der Waals surface area contributed by atoms with E-state index in [2.05, 4.69) is 92.2 Å². The van der Waals surface area contributed by atoms with Crippen molar-refractivity contribution in [2.75, 3.05) is 13.3 Å². The molecule has 1 heterocycles. The molecule has 3 heteroatoms. The van der Waals surface area contributed by atoms with Gasteiger partial charge in [0, 0.05) is 0 Å². The molecule has 22 heavy (non-hydrogen) atoms. The molecule has 0 aliphatic carbocycles. The third kappa shape index (κ3) is 3.43. The first kappa shape index (κ1) is 15.3. The fraction of sp³-hybridized carbons (Fsp3) is 0.105. The van der Waals surface area contributed by atoms with Crippen molar-refractivity contribution in [1.82, 2.24) is 4.98 Å². The van der Waals surface area contributed by atoms with Crippen molar-refractivity contribution < 1.29 is 0 Å². The molecule has 2 aromatic carbocycles. The number of rotatable bonds is 4. The second-order valence-corrected chi connectivity index (χ2v) is 9.33. The summed E-state index contributed by atoms with van der Waals surface area (Å²) in [5.41, 5.74) is 2.42. The van der Waals surface area contributed by atoms with Crippen LogP contribution < -0.4 is 21.5 Å². The maximum absolute atomic E-state index is 4.98. The maximum Gasteiger partial charge on any atom is 0.0681 e. The van der Waals surface area contributed by atoms with Gasteiger partial charge in [-0.1, -0.05) is 66.7 Å². The first-order valence-corrected chi connectivity index (χ1v) is 10.9. The van der Waals surface area contributed by atoms with Crippen molar-refractivity contribution in [1.29, 1.82) is 0 Å². The van der Waals surface area contributed by atoms with E-state index in [0.29, 0.717) is 0 Å². The van der Waals surface area contributed by atoms with E-state index < -0.39 is 0 Å². The molecule has 0 saturated heterocycles. The smallest absolute Gasteiger partial charge is 0.0681 e. The molecular weight excluding hydrogens is 304 g/mol. The van der Waals surface area contributed by atoms with E-state index in [1.807, 2.05) is 0 Å². The summed E-state index contributed by atoms with van der Waals surface area (Å²) in [6, 6.07) is 27.8. The van der Waals surface area contributed by atoms with Crippen molar-refractivity contribution >= 4 is 37.3 Å². The molecule has 0 radical (unpaired) electrons. The van der Waals surface area contributed by atoms with Crippen molar-refractivity contribution in [2.24, 2.45) is 0 Å². The van der Waals surface area contributed by atoms with Gasteiger partial charge in [0.05, 0.1) is 10.9 Å². The second-order valence-electron chi connectivity index (χ2n) is 5.14. The van der Waals surface area contributed by atoms with Crippen molar-refractivity contribution in [3.05, 3.63) is 78.9 Å². The van der Waals surface area contributed by atoms with Gasteiger partial charge in [-0.25, -0.2) is 4.98 Å². The highest BCUT2D eigenvalue weighted by molar-refractivity contribution is 7.73. The van der Waals surface area contributed by atoms with Crippen LogP contribution in [0, 0.1) is 0 Å². The van der Waals surface area contributed by atoms with Gasteiger partial charge in [0.25, 0.3) is 0 Å². The Kier molecular flexibility index (Phi) is 4.98. The van der Waals surface area contributed by atoms with E-state index >= 15 is 0 Å². The summed E-state index contributed by atoms with van der Waals surface area (Å²) < 4.78 is 0. The van der Waals surface area contributed by atoms with E-state index in [4.69, 9.17) is 4.98 Å². The van der Waals surface area contributed by atoms with Crippen LogP contribution in [-0.2, 0) is 0 Å². The van der Waals surface area contributed by atoms with Crippen LogP contribution in [0.25, 0.3) is 0 Å². The number of aromatic nitrogens is 1. The van der Waals surface area contributed by atoms with Crippen LogP contribution in [0.15, 0.2) is 78.9 Å². The Labute approximate surface area is 134 Å². The molecule has 3 aromatic rings. The van der Waals surface area contributed by atoms with E-state index in [1.54, 1.807) is 0 Å². The zero-order valence-corrected chi connectivity index (χ0v) is 14.6. The van der Waals surface area contributed by atoms with Crippen LogP contribution in [0.4, 0.5) is 0 Å². The SMILES string of the molecule is CP(c1ccccc1)c1cccc(P(C)c2ccccc2)n1. The molecule has 0 spiro atoms. The average Bonchev–Trinajstić information content (AvgIpc) is 2.62. The maximum atomic E-state index is 4.98. The Morgan fingerprint density at radius 1 is 0.545 bits per heavy atom. The van der Waals surface area contributed by atoms with E-state index in [1.165, 1.54) is 21.5 Å². The summed E-state index contributed by atoms with van der Waals surface area (Å²) in [4.78, 5) is 4.98. The molecule has 1 aromatic heterocycles. The Balaban J connectivity index is 1.90. The lowest BCUT2D eigenvalue weighted by Gasteiger charge is -2.16. The molecule has 0 N–H and O–H groups in total. The minimum Gasteiger partial charge on any atom is -0.248 e. The largest absolute Gasteiger partial charge is 0.248 e.